The van der Waals surface area contributed by atoms with Crippen LogP contribution in [0.5, 0.6) is 0 Å². The highest BCUT2D eigenvalue weighted by atomic mass is 32.2. The molecule has 0 saturated heterocycles. The van der Waals surface area contributed by atoms with E-state index in [0.29, 0.717) is 5.56 Å². The average molecular weight is 326 g/mol. The minimum absolute atomic E-state index is 0.0469. The Hall–Kier alpha value is -2.40. The molecule has 3 rings (SSSR count). The highest BCUT2D eigenvalue weighted by molar-refractivity contribution is 7.99. The first-order chi connectivity index (χ1) is 11.1. The number of imidazole rings is 1. The SMILES string of the molecule is Cc1ccccc1-n1ccnc1SCC(=O)c1ccc(F)cc1. The van der Waals surface area contributed by atoms with Gasteiger partial charge in [0.25, 0.3) is 0 Å². The Labute approximate surface area is 138 Å². The van der Waals surface area contributed by atoms with Crippen LogP contribution in [0, 0.1) is 12.7 Å². The van der Waals surface area contributed by atoms with Gasteiger partial charge in [0.1, 0.15) is 5.82 Å². The second kappa shape index (κ2) is 6.79. The fourth-order valence-electron chi connectivity index (χ4n) is 2.26. The maximum atomic E-state index is 12.9. The molecule has 1 aromatic heterocycles. The predicted octanol–water partition coefficient (Wildman–Crippen LogP) is 4.29. The van der Waals surface area contributed by atoms with Crippen LogP contribution in [0.2, 0.25) is 0 Å². The van der Waals surface area contributed by atoms with Gasteiger partial charge in [0.2, 0.25) is 0 Å². The fraction of sp³-hybridized carbons (Fsp3) is 0.111. The molecule has 0 spiro atoms. The van der Waals surface area contributed by atoms with E-state index in [1.165, 1.54) is 36.0 Å². The summed E-state index contributed by atoms with van der Waals surface area (Å²) in [5.74, 6) is -0.132. The zero-order chi connectivity index (χ0) is 16.2. The van der Waals surface area contributed by atoms with E-state index in [4.69, 9.17) is 0 Å². The van der Waals surface area contributed by atoms with Crippen LogP contribution >= 0.6 is 11.8 Å². The summed E-state index contributed by atoms with van der Waals surface area (Å²) in [7, 11) is 0. The third-order valence-corrected chi connectivity index (χ3v) is 4.45. The van der Waals surface area contributed by atoms with E-state index < -0.39 is 0 Å². The summed E-state index contributed by atoms with van der Waals surface area (Å²) in [6, 6.07) is 13.6. The molecule has 0 fully saturated rings. The normalized spacial score (nSPS) is 10.7. The number of rotatable bonds is 5. The topological polar surface area (TPSA) is 34.9 Å². The standard InChI is InChI=1S/C18H15FN2OS/c1-13-4-2-3-5-16(13)21-11-10-20-18(21)23-12-17(22)14-6-8-15(19)9-7-14/h2-11H,12H2,1H3. The minimum atomic E-state index is -0.343. The van der Waals surface area contributed by atoms with Crippen LogP contribution in [0.4, 0.5) is 4.39 Å². The lowest BCUT2D eigenvalue weighted by Gasteiger charge is -2.10. The zero-order valence-electron chi connectivity index (χ0n) is 12.6. The number of carbonyl (C=O) groups excluding carboxylic acids is 1. The molecule has 3 nitrogen and oxygen atoms in total. The number of hydrogen-bond acceptors (Lipinski definition) is 3. The summed E-state index contributed by atoms with van der Waals surface area (Å²) in [5, 5.41) is 0.759. The number of Topliss-reactive ketones (excluding diaryl/α,β-unsaturated/α-hetero) is 1. The van der Waals surface area contributed by atoms with Crippen LogP contribution < -0.4 is 0 Å². The van der Waals surface area contributed by atoms with Gasteiger partial charge in [-0.15, -0.1) is 0 Å². The Morgan fingerprint density at radius 1 is 1.17 bits per heavy atom. The lowest BCUT2D eigenvalue weighted by molar-refractivity contribution is 0.102. The fourth-order valence-corrected chi connectivity index (χ4v) is 3.12. The number of hydrogen-bond donors (Lipinski definition) is 0. The van der Waals surface area contributed by atoms with Crippen LogP contribution in [0.1, 0.15) is 15.9 Å². The van der Waals surface area contributed by atoms with E-state index >= 15 is 0 Å². The van der Waals surface area contributed by atoms with E-state index in [0.717, 1.165) is 16.4 Å². The van der Waals surface area contributed by atoms with Crippen LogP contribution in [-0.4, -0.2) is 21.1 Å². The van der Waals surface area contributed by atoms with Gasteiger partial charge < -0.3 is 0 Å². The zero-order valence-corrected chi connectivity index (χ0v) is 13.4. The van der Waals surface area contributed by atoms with Crippen molar-refractivity contribution in [1.29, 1.82) is 0 Å². The molecule has 23 heavy (non-hydrogen) atoms. The van der Waals surface area contributed by atoms with Crippen molar-refractivity contribution in [2.45, 2.75) is 12.1 Å². The Morgan fingerprint density at radius 2 is 1.91 bits per heavy atom. The summed E-state index contributed by atoms with van der Waals surface area (Å²) < 4.78 is 14.9. The summed E-state index contributed by atoms with van der Waals surface area (Å²) in [6.45, 7) is 2.04. The second-order valence-electron chi connectivity index (χ2n) is 5.09. The number of para-hydroxylation sites is 1. The quantitative estimate of drug-likeness (QED) is 0.518. The van der Waals surface area contributed by atoms with Gasteiger partial charge in [-0.25, -0.2) is 9.37 Å². The van der Waals surface area contributed by atoms with Gasteiger partial charge in [-0.2, -0.15) is 0 Å². The minimum Gasteiger partial charge on any atom is -0.295 e. The molecule has 0 N–H and O–H groups in total. The molecule has 5 heteroatoms. The third kappa shape index (κ3) is 3.51. The van der Waals surface area contributed by atoms with Gasteiger partial charge in [-0.05, 0) is 42.8 Å². The number of carbonyl (C=O) groups is 1. The average Bonchev–Trinajstić information content (AvgIpc) is 3.02. The Kier molecular flexibility index (Phi) is 4.57. The van der Waals surface area contributed by atoms with E-state index in [1.54, 1.807) is 6.20 Å². The van der Waals surface area contributed by atoms with Crippen molar-refractivity contribution in [3.8, 4) is 5.69 Å². The molecule has 0 bridgehead atoms. The number of halogens is 1. The maximum absolute atomic E-state index is 12.9. The molecule has 0 saturated carbocycles. The molecule has 0 aliphatic carbocycles. The highest BCUT2D eigenvalue weighted by Crippen LogP contribution is 2.23. The van der Waals surface area contributed by atoms with Gasteiger partial charge in [0.15, 0.2) is 10.9 Å². The Morgan fingerprint density at radius 3 is 2.65 bits per heavy atom. The Bertz CT molecular complexity index is 827. The molecular weight excluding hydrogens is 311 g/mol. The summed E-state index contributed by atoms with van der Waals surface area (Å²) in [6.07, 6.45) is 3.60. The molecule has 2 aromatic carbocycles. The van der Waals surface area contributed by atoms with Crippen molar-refractivity contribution < 1.29 is 9.18 Å². The molecule has 0 unspecified atom stereocenters. The highest BCUT2D eigenvalue weighted by Gasteiger charge is 2.11. The van der Waals surface area contributed by atoms with Crippen LogP contribution in [-0.2, 0) is 0 Å². The molecule has 0 atom stereocenters. The van der Waals surface area contributed by atoms with Gasteiger partial charge in [0.05, 0.1) is 11.4 Å². The van der Waals surface area contributed by atoms with E-state index in [-0.39, 0.29) is 17.4 Å². The van der Waals surface area contributed by atoms with Crippen molar-refractivity contribution >= 4 is 17.5 Å². The number of aromatic nitrogens is 2. The molecule has 0 aliphatic rings. The van der Waals surface area contributed by atoms with Crippen LogP contribution in [0.3, 0.4) is 0 Å². The first-order valence-corrected chi connectivity index (χ1v) is 8.14. The van der Waals surface area contributed by atoms with Gasteiger partial charge >= 0.3 is 0 Å². The third-order valence-electron chi connectivity index (χ3n) is 3.48. The molecule has 116 valence electrons. The van der Waals surface area contributed by atoms with E-state index in [9.17, 15) is 9.18 Å². The van der Waals surface area contributed by atoms with Gasteiger partial charge in [0, 0.05) is 18.0 Å². The van der Waals surface area contributed by atoms with Crippen molar-refractivity contribution in [1.82, 2.24) is 9.55 Å². The van der Waals surface area contributed by atoms with Crippen LogP contribution in [0.25, 0.3) is 5.69 Å². The summed E-state index contributed by atoms with van der Waals surface area (Å²) >= 11 is 1.37. The lowest BCUT2D eigenvalue weighted by atomic mass is 10.1. The molecule has 3 aromatic rings. The first-order valence-electron chi connectivity index (χ1n) is 7.16. The van der Waals surface area contributed by atoms with Crippen molar-refractivity contribution in [2.24, 2.45) is 0 Å². The lowest BCUT2D eigenvalue weighted by Crippen LogP contribution is -2.04. The van der Waals surface area contributed by atoms with Crippen molar-refractivity contribution in [2.75, 3.05) is 5.75 Å². The predicted molar refractivity (Wildman–Crippen MR) is 89.8 cm³/mol. The number of aryl methyl sites for hydroxylation is 1. The number of thioether (sulfide) groups is 1. The molecular formula is C18H15FN2OS. The molecule has 1 heterocycles. The van der Waals surface area contributed by atoms with E-state index in [2.05, 4.69) is 4.98 Å². The summed E-state index contributed by atoms with van der Waals surface area (Å²) in [5.41, 5.74) is 2.69. The summed E-state index contributed by atoms with van der Waals surface area (Å²) in [4.78, 5) is 16.5. The second-order valence-corrected chi connectivity index (χ2v) is 6.03. The van der Waals surface area contributed by atoms with Gasteiger partial charge in [-0.1, -0.05) is 30.0 Å². The monoisotopic (exact) mass is 326 g/mol. The largest absolute Gasteiger partial charge is 0.295 e. The smallest absolute Gasteiger partial charge is 0.173 e. The van der Waals surface area contributed by atoms with E-state index in [1.807, 2.05) is 42.0 Å². The number of benzene rings is 2. The first kappa shape index (κ1) is 15.5. The molecule has 0 radical (unpaired) electrons. The Balaban J connectivity index is 1.75. The maximum Gasteiger partial charge on any atom is 0.173 e. The number of ketones is 1. The van der Waals surface area contributed by atoms with Crippen molar-refractivity contribution in [3.05, 3.63) is 77.9 Å². The molecule has 0 aliphatic heterocycles. The molecule has 0 amide bonds. The van der Waals surface area contributed by atoms with Gasteiger partial charge in [-0.3, -0.25) is 9.36 Å². The van der Waals surface area contributed by atoms with Crippen LogP contribution in [0.15, 0.2) is 66.1 Å². The number of nitrogens with zero attached hydrogens (tertiary/aromatic N) is 2. The van der Waals surface area contributed by atoms with Crippen molar-refractivity contribution in [3.63, 3.8) is 0 Å².